The van der Waals surface area contributed by atoms with E-state index in [0.29, 0.717) is 18.9 Å². The highest BCUT2D eigenvalue weighted by Crippen LogP contribution is 2.34. The van der Waals surface area contributed by atoms with Crippen molar-refractivity contribution in [2.45, 2.75) is 32.9 Å². The molecule has 0 aliphatic carbocycles. The molecule has 0 unspecified atom stereocenters. The van der Waals surface area contributed by atoms with Gasteiger partial charge in [0.25, 0.3) is 0 Å². The van der Waals surface area contributed by atoms with Crippen molar-refractivity contribution in [3.05, 3.63) is 47.3 Å². The van der Waals surface area contributed by atoms with Gasteiger partial charge in [0.15, 0.2) is 0 Å². The minimum atomic E-state index is -4.51. The molecule has 0 saturated carbocycles. The third kappa shape index (κ3) is 5.74. The van der Waals surface area contributed by atoms with E-state index in [0.717, 1.165) is 17.5 Å². The molecule has 8 heteroatoms. The van der Waals surface area contributed by atoms with Crippen LogP contribution >= 0.6 is 0 Å². The van der Waals surface area contributed by atoms with Gasteiger partial charge in [0.2, 0.25) is 11.9 Å². The van der Waals surface area contributed by atoms with Crippen LogP contribution in [0.15, 0.2) is 30.3 Å². The molecule has 0 bridgehead atoms. The van der Waals surface area contributed by atoms with Crippen LogP contribution in [0.5, 0.6) is 0 Å². The zero-order valence-corrected chi connectivity index (χ0v) is 13.9. The summed E-state index contributed by atoms with van der Waals surface area (Å²) in [4.78, 5) is 20.3. The van der Waals surface area contributed by atoms with Crippen molar-refractivity contribution in [2.24, 2.45) is 0 Å². The monoisotopic (exact) mass is 352 g/mol. The van der Waals surface area contributed by atoms with Gasteiger partial charge in [-0.1, -0.05) is 12.1 Å². The normalized spacial score (nSPS) is 11.2. The SMILES string of the molecule is Cc1cc(C)nc(NCCCC(=O)Nc2ccccc2C(F)(F)F)n1. The van der Waals surface area contributed by atoms with Gasteiger partial charge >= 0.3 is 6.18 Å². The molecule has 2 rings (SSSR count). The second kappa shape index (κ2) is 7.96. The summed E-state index contributed by atoms with van der Waals surface area (Å²) in [6.07, 6.45) is -3.98. The summed E-state index contributed by atoms with van der Waals surface area (Å²) in [5.74, 6) is 0.000154. The number of hydrogen-bond donors (Lipinski definition) is 2. The number of hydrogen-bond acceptors (Lipinski definition) is 4. The molecular formula is C17H19F3N4O. The van der Waals surface area contributed by atoms with Gasteiger partial charge in [0.1, 0.15) is 0 Å². The van der Waals surface area contributed by atoms with Crippen LogP contribution in [0.25, 0.3) is 0 Å². The van der Waals surface area contributed by atoms with Gasteiger partial charge in [-0.3, -0.25) is 4.79 Å². The first-order valence-corrected chi connectivity index (χ1v) is 7.78. The van der Waals surface area contributed by atoms with Crippen LogP contribution in [0.4, 0.5) is 24.8 Å². The largest absolute Gasteiger partial charge is 0.418 e. The molecule has 0 fully saturated rings. The van der Waals surface area contributed by atoms with Crippen molar-refractivity contribution in [1.29, 1.82) is 0 Å². The number of carbonyl (C=O) groups excluding carboxylic acids is 1. The van der Waals surface area contributed by atoms with Gasteiger partial charge in [0, 0.05) is 24.4 Å². The van der Waals surface area contributed by atoms with E-state index in [9.17, 15) is 18.0 Å². The Bertz CT molecular complexity index is 727. The van der Waals surface area contributed by atoms with E-state index in [1.807, 2.05) is 19.9 Å². The van der Waals surface area contributed by atoms with E-state index < -0.39 is 17.6 Å². The second-order valence-corrected chi connectivity index (χ2v) is 5.60. The number of halogens is 3. The molecule has 2 aromatic rings. The Morgan fingerprint density at radius 3 is 2.40 bits per heavy atom. The average molecular weight is 352 g/mol. The summed E-state index contributed by atoms with van der Waals surface area (Å²) < 4.78 is 38.6. The summed E-state index contributed by atoms with van der Waals surface area (Å²) in [5.41, 5.74) is 0.573. The highest BCUT2D eigenvalue weighted by atomic mass is 19.4. The van der Waals surface area contributed by atoms with E-state index in [4.69, 9.17) is 0 Å². The summed E-state index contributed by atoms with van der Waals surface area (Å²) in [7, 11) is 0. The Hall–Kier alpha value is -2.64. The minimum Gasteiger partial charge on any atom is -0.354 e. The van der Waals surface area contributed by atoms with Crippen LogP contribution in [0.2, 0.25) is 0 Å². The van der Waals surface area contributed by atoms with Crippen molar-refractivity contribution in [2.75, 3.05) is 17.2 Å². The fourth-order valence-electron chi connectivity index (χ4n) is 2.31. The molecule has 0 aliphatic heterocycles. The van der Waals surface area contributed by atoms with Gasteiger partial charge in [-0.15, -0.1) is 0 Å². The predicted molar refractivity (Wildman–Crippen MR) is 89.3 cm³/mol. The Labute approximate surface area is 143 Å². The number of nitrogens with zero attached hydrogens (tertiary/aromatic N) is 2. The molecule has 1 aromatic carbocycles. The number of aryl methyl sites for hydroxylation is 2. The molecule has 0 radical (unpaired) electrons. The number of anilines is 2. The van der Waals surface area contributed by atoms with E-state index in [1.165, 1.54) is 18.2 Å². The Kier molecular flexibility index (Phi) is 5.95. The molecule has 1 aromatic heterocycles. The maximum Gasteiger partial charge on any atom is 0.418 e. The van der Waals surface area contributed by atoms with Crippen LogP contribution in [0, 0.1) is 13.8 Å². The molecule has 2 N–H and O–H groups in total. The van der Waals surface area contributed by atoms with E-state index in [-0.39, 0.29) is 12.1 Å². The lowest BCUT2D eigenvalue weighted by Gasteiger charge is -2.13. The molecular weight excluding hydrogens is 333 g/mol. The Balaban J connectivity index is 1.84. The topological polar surface area (TPSA) is 66.9 Å². The first-order chi connectivity index (χ1) is 11.8. The molecule has 5 nitrogen and oxygen atoms in total. The highest BCUT2D eigenvalue weighted by Gasteiger charge is 2.33. The molecule has 1 amide bonds. The van der Waals surface area contributed by atoms with Crippen LogP contribution in [-0.2, 0) is 11.0 Å². The van der Waals surface area contributed by atoms with Gasteiger partial charge in [0.05, 0.1) is 11.3 Å². The Morgan fingerprint density at radius 1 is 1.12 bits per heavy atom. The molecule has 0 atom stereocenters. The first kappa shape index (κ1) is 18.7. The summed E-state index contributed by atoms with van der Waals surface area (Å²) >= 11 is 0. The van der Waals surface area contributed by atoms with Gasteiger partial charge in [-0.25, -0.2) is 9.97 Å². The van der Waals surface area contributed by atoms with Crippen LogP contribution < -0.4 is 10.6 Å². The molecule has 0 aliphatic rings. The number of aromatic nitrogens is 2. The predicted octanol–water partition coefficient (Wildman–Crippen LogP) is 3.94. The fraction of sp³-hybridized carbons (Fsp3) is 0.353. The van der Waals surface area contributed by atoms with Crippen LogP contribution in [0.3, 0.4) is 0 Å². The van der Waals surface area contributed by atoms with Gasteiger partial charge < -0.3 is 10.6 Å². The zero-order chi connectivity index (χ0) is 18.4. The fourth-order valence-corrected chi connectivity index (χ4v) is 2.31. The molecule has 1 heterocycles. The standard InChI is InChI=1S/C17H19F3N4O/c1-11-10-12(2)23-16(22-11)21-9-5-8-15(25)24-14-7-4-3-6-13(14)17(18,19)20/h3-4,6-7,10H,5,8-9H2,1-2H3,(H,24,25)(H,21,22,23). The number of alkyl halides is 3. The van der Waals surface area contributed by atoms with Gasteiger partial charge in [-0.2, -0.15) is 13.2 Å². The number of para-hydroxylation sites is 1. The summed E-state index contributed by atoms with van der Waals surface area (Å²) in [6, 6.07) is 6.75. The lowest BCUT2D eigenvalue weighted by atomic mass is 10.1. The molecule has 25 heavy (non-hydrogen) atoms. The average Bonchev–Trinajstić information content (AvgIpc) is 2.50. The van der Waals surface area contributed by atoms with Crippen molar-refractivity contribution >= 4 is 17.5 Å². The van der Waals surface area contributed by atoms with E-state index in [1.54, 1.807) is 0 Å². The quantitative estimate of drug-likeness (QED) is 0.773. The molecule has 0 spiro atoms. The van der Waals surface area contributed by atoms with Gasteiger partial charge in [-0.05, 0) is 38.5 Å². The number of carbonyl (C=O) groups is 1. The minimum absolute atomic E-state index is 0.0873. The lowest BCUT2D eigenvalue weighted by Crippen LogP contribution is -2.17. The van der Waals surface area contributed by atoms with Crippen molar-refractivity contribution in [3.63, 3.8) is 0 Å². The lowest BCUT2D eigenvalue weighted by molar-refractivity contribution is -0.137. The van der Waals surface area contributed by atoms with Crippen LogP contribution in [-0.4, -0.2) is 22.4 Å². The van der Waals surface area contributed by atoms with Crippen molar-refractivity contribution in [1.82, 2.24) is 9.97 Å². The van der Waals surface area contributed by atoms with Crippen molar-refractivity contribution in [3.8, 4) is 0 Å². The summed E-state index contributed by atoms with van der Waals surface area (Å²) in [6.45, 7) is 4.15. The number of rotatable bonds is 6. The maximum absolute atomic E-state index is 12.9. The number of benzene rings is 1. The molecule has 134 valence electrons. The number of nitrogens with one attached hydrogen (secondary N) is 2. The zero-order valence-electron chi connectivity index (χ0n) is 13.9. The third-order valence-corrected chi connectivity index (χ3v) is 3.35. The second-order valence-electron chi connectivity index (χ2n) is 5.60. The first-order valence-electron chi connectivity index (χ1n) is 7.78. The summed E-state index contributed by atoms with van der Waals surface area (Å²) in [5, 5.41) is 5.31. The van der Waals surface area contributed by atoms with E-state index in [2.05, 4.69) is 20.6 Å². The number of amides is 1. The third-order valence-electron chi connectivity index (χ3n) is 3.35. The highest BCUT2D eigenvalue weighted by molar-refractivity contribution is 5.91. The maximum atomic E-state index is 12.9. The van der Waals surface area contributed by atoms with Crippen LogP contribution in [0.1, 0.15) is 29.8 Å². The molecule has 0 saturated heterocycles. The van der Waals surface area contributed by atoms with Crippen molar-refractivity contribution < 1.29 is 18.0 Å². The van der Waals surface area contributed by atoms with E-state index >= 15 is 0 Å². The Morgan fingerprint density at radius 2 is 1.76 bits per heavy atom. The smallest absolute Gasteiger partial charge is 0.354 e.